The molecule has 54 valence electrons. The molecular formula is C8H12Pt. The Morgan fingerprint density at radius 2 is 1.44 bits per heavy atom. The summed E-state index contributed by atoms with van der Waals surface area (Å²) in [5, 5.41) is 0. The molecule has 1 heteroatoms. The van der Waals surface area contributed by atoms with Gasteiger partial charge in [-0.05, 0) is 0 Å². The van der Waals surface area contributed by atoms with Crippen molar-refractivity contribution < 1.29 is 21.1 Å². The predicted molar refractivity (Wildman–Crippen MR) is 37.7 cm³/mol. The molecule has 9 heavy (non-hydrogen) atoms. The molecule has 0 aliphatic carbocycles. The van der Waals surface area contributed by atoms with Gasteiger partial charge in [0, 0.05) is 0 Å². The molecule has 0 N–H and O–H groups in total. The van der Waals surface area contributed by atoms with E-state index in [1.807, 2.05) is 50.6 Å². The van der Waals surface area contributed by atoms with E-state index in [9.17, 15) is 0 Å². The minimum Gasteiger partial charge on any atom is -0.335 e. The second kappa shape index (κ2) is 10.9. The standard InChI is InChI=1S/C5H5.C3H7.Pt/c1-2-4-5-3-1;1-3-2;/h1-5H;3H,1-2H3;/q2*-1;+2. The molecule has 0 bridgehead atoms. The number of hydrogen-bond donors (Lipinski definition) is 0. The van der Waals surface area contributed by atoms with E-state index in [0.717, 1.165) is 0 Å². The average Bonchev–Trinajstić information content (AvgIpc) is 2.17. The van der Waals surface area contributed by atoms with Gasteiger partial charge in [0.2, 0.25) is 0 Å². The van der Waals surface area contributed by atoms with Crippen LogP contribution in [-0.4, -0.2) is 0 Å². The zero-order valence-corrected chi connectivity index (χ0v) is 8.05. The Kier molecular flexibility index (Phi) is 14.3. The third-order valence-corrected chi connectivity index (χ3v) is 0.556. The van der Waals surface area contributed by atoms with E-state index in [2.05, 4.69) is 0 Å². The molecule has 0 spiro atoms. The van der Waals surface area contributed by atoms with E-state index in [1.54, 1.807) is 0 Å². The molecule has 0 saturated carbocycles. The van der Waals surface area contributed by atoms with E-state index in [4.69, 9.17) is 0 Å². The number of rotatable bonds is 0. The van der Waals surface area contributed by atoms with Gasteiger partial charge in [0.1, 0.15) is 0 Å². The molecule has 1 rings (SSSR count). The summed E-state index contributed by atoms with van der Waals surface area (Å²) in [4.78, 5) is 0. The second-order valence-electron chi connectivity index (χ2n) is 1.54. The van der Waals surface area contributed by atoms with Crippen LogP contribution in [0.5, 0.6) is 0 Å². The third kappa shape index (κ3) is 11.5. The predicted octanol–water partition coefficient (Wildman–Crippen LogP) is 2.63. The molecule has 1 aromatic carbocycles. The van der Waals surface area contributed by atoms with Gasteiger partial charge in [-0.2, -0.15) is 32.0 Å². The molecule has 0 aliphatic heterocycles. The van der Waals surface area contributed by atoms with Crippen LogP contribution in [0.25, 0.3) is 0 Å². The molecule has 1 aromatic rings. The first kappa shape index (κ1) is 11.8. The Balaban J connectivity index is 0. The Hall–Kier alpha value is 0.0383. The van der Waals surface area contributed by atoms with Gasteiger partial charge >= 0.3 is 21.1 Å². The summed E-state index contributed by atoms with van der Waals surface area (Å²) >= 11 is 0. The van der Waals surface area contributed by atoms with Gasteiger partial charge in [-0.3, -0.25) is 0 Å². The SMILES string of the molecule is C[CH-]C.[Pt+2].c1cc[cH-]c1. The second-order valence-corrected chi connectivity index (χ2v) is 1.54. The van der Waals surface area contributed by atoms with Crippen molar-refractivity contribution >= 4 is 0 Å². The molecule has 0 amide bonds. The zero-order valence-electron chi connectivity index (χ0n) is 5.78. The van der Waals surface area contributed by atoms with Crippen LogP contribution in [0.3, 0.4) is 0 Å². The molecule has 0 fully saturated rings. The van der Waals surface area contributed by atoms with Crippen LogP contribution in [-0.2, 0) is 21.1 Å². The third-order valence-electron chi connectivity index (χ3n) is 0.556. The summed E-state index contributed by atoms with van der Waals surface area (Å²) in [6.45, 7) is 4.00. The average molecular weight is 303 g/mol. The maximum Gasteiger partial charge on any atom is 2.00 e. The van der Waals surface area contributed by atoms with E-state index in [-0.39, 0.29) is 21.1 Å². The van der Waals surface area contributed by atoms with Gasteiger partial charge in [0.25, 0.3) is 0 Å². The van der Waals surface area contributed by atoms with E-state index < -0.39 is 0 Å². The first-order valence-corrected chi connectivity index (χ1v) is 2.82. The summed E-state index contributed by atoms with van der Waals surface area (Å²) < 4.78 is 0. The van der Waals surface area contributed by atoms with Gasteiger partial charge in [0.15, 0.2) is 0 Å². The van der Waals surface area contributed by atoms with Crippen molar-refractivity contribution in [2.45, 2.75) is 13.8 Å². The monoisotopic (exact) mass is 303 g/mol. The largest absolute Gasteiger partial charge is 2.00 e. The molecule has 0 aliphatic rings. The van der Waals surface area contributed by atoms with E-state index in [0.29, 0.717) is 0 Å². The summed E-state index contributed by atoms with van der Waals surface area (Å²) in [7, 11) is 0. The molecule has 0 radical (unpaired) electrons. The smallest absolute Gasteiger partial charge is 0.335 e. The van der Waals surface area contributed by atoms with Crippen LogP contribution in [0, 0.1) is 6.42 Å². The fourth-order valence-corrected chi connectivity index (χ4v) is 0.321. The van der Waals surface area contributed by atoms with Crippen LogP contribution < -0.4 is 0 Å². The van der Waals surface area contributed by atoms with Gasteiger partial charge in [-0.1, -0.05) is 0 Å². The van der Waals surface area contributed by atoms with Crippen molar-refractivity contribution in [3.8, 4) is 0 Å². The Labute approximate surface area is 71.9 Å². The van der Waals surface area contributed by atoms with Gasteiger partial charge < -0.3 is 6.42 Å². The molecule has 0 heterocycles. The van der Waals surface area contributed by atoms with Gasteiger partial charge in [-0.15, -0.1) is 0 Å². The molecule has 0 saturated heterocycles. The fraction of sp³-hybridized carbons (Fsp3) is 0.250. The molecular weight excluding hydrogens is 291 g/mol. The quantitative estimate of drug-likeness (QED) is 0.646. The minimum atomic E-state index is 0. The van der Waals surface area contributed by atoms with Crippen molar-refractivity contribution in [2.24, 2.45) is 0 Å². The first-order valence-electron chi connectivity index (χ1n) is 2.82. The fourth-order valence-electron chi connectivity index (χ4n) is 0.321. The molecule has 0 unspecified atom stereocenters. The van der Waals surface area contributed by atoms with Crippen molar-refractivity contribution in [3.05, 3.63) is 36.8 Å². The normalized spacial score (nSPS) is 6.44. The van der Waals surface area contributed by atoms with Crippen LogP contribution in [0.4, 0.5) is 0 Å². The Bertz CT molecular complexity index is 71.5. The van der Waals surface area contributed by atoms with E-state index >= 15 is 0 Å². The Morgan fingerprint density at radius 3 is 1.56 bits per heavy atom. The number of hydrogen-bond acceptors (Lipinski definition) is 0. The van der Waals surface area contributed by atoms with Crippen LogP contribution in [0.2, 0.25) is 0 Å². The Morgan fingerprint density at radius 1 is 1.11 bits per heavy atom. The van der Waals surface area contributed by atoms with Crippen molar-refractivity contribution in [1.29, 1.82) is 0 Å². The minimum absolute atomic E-state index is 0. The summed E-state index contributed by atoms with van der Waals surface area (Å²) in [5.74, 6) is 0. The molecule has 0 nitrogen and oxygen atoms in total. The van der Waals surface area contributed by atoms with Crippen molar-refractivity contribution in [3.63, 3.8) is 0 Å². The van der Waals surface area contributed by atoms with Gasteiger partial charge in [0.05, 0.1) is 0 Å². The summed E-state index contributed by atoms with van der Waals surface area (Å²) in [6.07, 6.45) is 2.00. The topological polar surface area (TPSA) is 0 Å². The molecule has 0 atom stereocenters. The van der Waals surface area contributed by atoms with Crippen LogP contribution >= 0.6 is 0 Å². The summed E-state index contributed by atoms with van der Waals surface area (Å²) in [6, 6.07) is 10.0. The zero-order chi connectivity index (χ0) is 6.24. The summed E-state index contributed by atoms with van der Waals surface area (Å²) in [5.41, 5.74) is 0. The van der Waals surface area contributed by atoms with Crippen molar-refractivity contribution in [2.75, 3.05) is 0 Å². The maximum atomic E-state index is 2.00. The van der Waals surface area contributed by atoms with Gasteiger partial charge in [-0.25, -0.2) is 12.1 Å². The maximum absolute atomic E-state index is 2.00. The van der Waals surface area contributed by atoms with Crippen molar-refractivity contribution in [1.82, 2.24) is 0 Å². The van der Waals surface area contributed by atoms with E-state index in [1.165, 1.54) is 0 Å². The first-order chi connectivity index (χ1) is 3.91. The van der Waals surface area contributed by atoms with Crippen LogP contribution in [0.15, 0.2) is 30.3 Å². The van der Waals surface area contributed by atoms with Crippen LogP contribution in [0.1, 0.15) is 13.8 Å². The molecule has 0 aromatic heterocycles.